The molecule has 1 aliphatic rings. The molecule has 0 spiro atoms. The number of halogens is 1. The zero-order valence-electron chi connectivity index (χ0n) is 9.99. The predicted octanol–water partition coefficient (Wildman–Crippen LogP) is 2.36. The second-order valence-electron chi connectivity index (χ2n) is 4.41. The second kappa shape index (κ2) is 5.82. The fourth-order valence-corrected chi connectivity index (χ4v) is 1.66. The van der Waals surface area contributed by atoms with Crippen molar-refractivity contribution in [3.63, 3.8) is 0 Å². The molecule has 2 rings (SSSR count). The Balaban J connectivity index is 1.84. The molecule has 5 heteroatoms. The van der Waals surface area contributed by atoms with Crippen LogP contribution in [0, 0.1) is 11.7 Å². The van der Waals surface area contributed by atoms with Gasteiger partial charge < -0.3 is 15.2 Å². The minimum absolute atomic E-state index is 0.0278. The van der Waals surface area contributed by atoms with E-state index in [-0.39, 0.29) is 11.3 Å². The molecule has 0 amide bonds. The van der Waals surface area contributed by atoms with Crippen molar-refractivity contribution in [1.82, 2.24) is 0 Å². The standard InChI is InChI=1S/C13H16FNO3/c14-11-3-1-2-10(13(16)17)12(11)15-6-7-18-8-9-4-5-9/h1-3,9,15H,4-8H2,(H,16,17). The van der Waals surface area contributed by atoms with Crippen molar-refractivity contribution < 1.29 is 19.0 Å². The minimum atomic E-state index is -1.14. The SMILES string of the molecule is O=C(O)c1cccc(F)c1NCCOCC1CC1. The molecular formula is C13H16FNO3. The van der Waals surface area contributed by atoms with Crippen LogP contribution in [0.25, 0.3) is 0 Å². The third kappa shape index (κ3) is 3.43. The Kier molecular flexibility index (Phi) is 4.15. The Labute approximate surface area is 105 Å². The molecule has 1 aromatic rings. The first-order chi connectivity index (χ1) is 8.68. The highest BCUT2D eigenvalue weighted by molar-refractivity contribution is 5.94. The van der Waals surface area contributed by atoms with E-state index in [1.54, 1.807) is 0 Å². The molecule has 1 aromatic carbocycles. The fraction of sp³-hybridized carbons (Fsp3) is 0.462. The van der Waals surface area contributed by atoms with Gasteiger partial charge in [0.2, 0.25) is 0 Å². The summed E-state index contributed by atoms with van der Waals surface area (Å²) in [6, 6.07) is 3.99. The molecule has 0 radical (unpaired) electrons. The van der Waals surface area contributed by atoms with Crippen LogP contribution in [0.3, 0.4) is 0 Å². The van der Waals surface area contributed by atoms with Crippen molar-refractivity contribution in [3.8, 4) is 0 Å². The minimum Gasteiger partial charge on any atom is -0.478 e. The van der Waals surface area contributed by atoms with E-state index in [0.29, 0.717) is 19.1 Å². The van der Waals surface area contributed by atoms with Gasteiger partial charge >= 0.3 is 5.97 Å². The zero-order chi connectivity index (χ0) is 13.0. The van der Waals surface area contributed by atoms with Gasteiger partial charge in [-0.1, -0.05) is 6.07 Å². The molecule has 1 fully saturated rings. The normalized spacial score (nSPS) is 14.5. The third-order valence-electron chi connectivity index (χ3n) is 2.84. The number of aromatic carboxylic acids is 1. The Bertz CT molecular complexity index is 432. The highest BCUT2D eigenvalue weighted by Crippen LogP contribution is 2.28. The molecule has 0 aliphatic heterocycles. The molecule has 18 heavy (non-hydrogen) atoms. The summed E-state index contributed by atoms with van der Waals surface area (Å²) in [6.45, 7) is 1.59. The molecule has 0 atom stereocenters. The molecule has 0 saturated heterocycles. The van der Waals surface area contributed by atoms with Crippen molar-refractivity contribution >= 4 is 11.7 Å². The lowest BCUT2D eigenvalue weighted by Crippen LogP contribution is -2.14. The van der Waals surface area contributed by atoms with Crippen molar-refractivity contribution in [3.05, 3.63) is 29.6 Å². The van der Waals surface area contributed by atoms with Gasteiger partial charge in [0, 0.05) is 13.2 Å². The maximum Gasteiger partial charge on any atom is 0.337 e. The quantitative estimate of drug-likeness (QED) is 0.732. The lowest BCUT2D eigenvalue weighted by Gasteiger charge is -2.10. The van der Waals surface area contributed by atoms with Gasteiger partial charge in [0.05, 0.1) is 17.9 Å². The second-order valence-corrected chi connectivity index (χ2v) is 4.41. The number of hydrogen-bond donors (Lipinski definition) is 2. The van der Waals surface area contributed by atoms with E-state index in [9.17, 15) is 9.18 Å². The zero-order valence-corrected chi connectivity index (χ0v) is 9.99. The summed E-state index contributed by atoms with van der Waals surface area (Å²) >= 11 is 0. The summed E-state index contributed by atoms with van der Waals surface area (Å²) < 4.78 is 18.9. The van der Waals surface area contributed by atoms with E-state index < -0.39 is 11.8 Å². The number of anilines is 1. The Morgan fingerprint density at radius 1 is 1.50 bits per heavy atom. The summed E-state index contributed by atoms with van der Waals surface area (Å²) in [5.41, 5.74) is -0.0304. The number of carboxylic acids is 1. The van der Waals surface area contributed by atoms with E-state index in [4.69, 9.17) is 9.84 Å². The van der Waals surface area contributed by atoms with Gasteiger partial charge in [-0.05, 0) is 30.9 Å². The monoisotopic (exact) mass is 253 g/mol. The number of rotatable bonds is 7. The number of para-hydroxylation sites is 1. The van der Waals surface area contributed by atoms with Gasteiger partial charge in [0.15, 0.2) is 0 Å². The maximum absolute atomic E-state index is 13.5. The van der Waals surface area contributed by atoms with Crippen molar-refractivity contribution in [1.29, 1.82) is 0 Å². The highest BCUT2D eigenvalue weighted by Gasteiger charge is 2.21. The van der Waals surface area contributed by atoms with Crippen LogP contribution in [0.1, 0.15) is 23.2 Å². The lowest BCUT2D eigenvalue weighted by molar-refractivity contribution is 0.0697. The van der Waals surface area contributed by atoms with Crippen LogP contribution in [-0.2, 0) is 4.74 Å². The Morgan fingerprint density at radius 2 is 2.28 bits per heavy atom. The molecular weight excluding hydrogens is 237 g/mol. The number of nitrogens with one attached hydrogen (secondary N) is 1. The van der Waals surface area contributed by atoms with Gasteiger partial charge in [-0.2, -0.15) is 0 Å². The van der Waals surface area contributed by atoms with Crippen LogP contribution in [0.15, 0.2) is 18.2 Å². The van der Waals surface area contributed by atoms with E-state index in [1.807, 2.05) is 0 Å². The Morgan fingerprint density at radius 3 is 2.94 bits per heavy atom. The molecule has 2 N–H and O–H groups in total. The van der Waals surface area contributed by atoms with Gasteiger partial charge in [0.25, 0.3) is 0 Å². The van der Waals surface area contributed by atoms with Crippen molar-refractivity contribution in [2.45, 2.75) is 12.8 Å². The molecule has 1 aliphatic carbocycles. The van der Waals surface area contributed by atoms with Gasteiger partial charge in [-0.15, -0.1) is 0 Å². The summed E-state index contributed by atoms with van der Waals surface area (Å²) in [5, 5.41) is 11.7. The number of carboxylic acid groups (broad SMARTS) is 1. The summed E-state index contributed by atoms with van der Waals surface area (Å²) in [5.74, 6) is -1.01. The van der Waals surface area contributed by atoms with Crippen LogP contribution >= 0.6 is 0 Å². The third-order valence-corrected chi connectivity index (χ3v) is 2.84. The molecule has 0 aromatic heterocycles. The van der Waals surface area contributed by atoms with E-state index in [0.717, 1.165) is 6.61 Å². The summed E-state index contributed by atoms with van der Waals surface area (Å²) in [6.07, 6.45) is 2.45. The maximum atomic E-state index is 13.5. The first kappa shape index (κ1) is 12.8. The fourth-order valence-electron chi connectivity index (χ4n) is 1.66. The van der Waals surface area contributed by atoms with Gasteiger partial charge in [0.1, 0.15) is 5.82 Å². The highest BCUT2D eigenvalue weighted by atomic mass is 19.1. The number of carbonyl (C=O) groups is 1. The molecule has 0 heterocycles. The molecule has 98 valence electrons. The average molecular weight is 253 g/mol. The van der Waals surface area contributed by atoms with Crippen LogP contribution in [-0.4, -0.2) is 30.8 Å². The smallest absolute Gasteiger partial charge is 0.337 e. The summed E-state index contributed by atoms with van der Waals surface area (Å²) in [7, 11) is 0. The van der Waals surface area contributed by atoms with Crippen molar-refractivity contribution in [2.75, 3.05) is 25.1 Å². The molecule has 0 unspecified atom stereocenters. The largest absolute Gasteiger partial charge is 0.478 e. The van der Waals surface area contributed by atoms with Gasteiger partial charge in [-0.3, -0.25) is 0 Å². The van der Waals surface area contributed by atoms with E-state index >= 15 is 0 Å². The molecule has 0 bridgehead atoms. The van der Waals surface area contributed by atoms with Gasteiger partial charge in [-0.25, -0.2) is 9.18 Å². The first-order valence-electron chi connectivity index (χ1n) is 6.02. The lowest BCUT2D eigenvalue weighted by atomic mass is 10.1. The predicted molar refractivity (Wildman–Crippen MR) is 65.4 cm³/mol. The van der Waals surface area contributed by atoms with Crippen LogP contribution in [0.2, 0.25) is 0 Å². The first-order valence-corrected chi connectivity index (χ1v) is 6.02. The topological polar surface area (TPSA) is 58.6 Å². The van der Waals surface area contributed by atoms with E-state index in [1.165, 1.54) is 31.0 Å². The molecule has 1 saturated carbocycles. The number of hydrogen-bond acceptors (Lipinski definition) is 3. The number of benzene rings is 1. The summed E-state index contributed by atoms with van der Waals surface area (Å²) in [4.78, 5) is 10.9. The van der Waals surface area contributed by atoms with Crippen LogP contribution < -0.4 is 5.32 Å². The Hall–Kier alpha value is -1.62. The van der Waals surface area contributed by atoms with Crippen molar-refractivity contribution in [2.24, 2.45) is 5.92 Å². The number of ether oxygens (including phenoxy) is 1. The van der Waals surface area contributed by atoms with E-state index in [2.05, 4.69) is 5.32 Å². The van der Waals surface area contributed by atoms with Crippen LogP contribution in [0.5, 0.6) is 0 Å². The van der Waals surface area contributed by atoms with Crippen LogP contribution in [0.4, 0.5) is 10.1 Å². The average Bonchev–Trinajstić information content (AvgIpc) is 3.14. The molecule has 4 nitrogen and oxygen atoms in total.